The number of benzene rings is 1. The summed E-state index contributed by atoms with van der Waals surface area (Å²) >= 11 is 0. The molecule has 0 fully saturated rings. The summed E-state index contributed by atoms with van der Waals surface area (Å²) in [5, 5.41) is 3.32. The highest BCUT2D eigenvalue weighted by Gasteiger charge is 2.10. The molecule has 2 unspecified atom stereocenters. The molecule has 1 aromatic rings. The molecule has 2 heteroatoms. The third kappa shape index (κ3) is 4.79. The van der Waals surface area contributed by atoms with E-state index in [2.05, 4.69) is 50.4 Å². The van der Waals surface area contributed by atoms with Gasteiger partial charge in [-0.05, 0) is 37.9 Å². The van der Waals surface area contributed by atoms with Gasteiger partial charge in [0.25, 0.3) is 0 Å². The Morgan fingerprint density at radius 3 is 2.33 bits per heavy atom. The predicted octanol–water partition coefficient (Wildman–Crippen LogP) is 3.71. The summed E-state index contributed by atoms with van der Waals surface area (Å²) in [7, 11) is 1.99. The quantitative estimate of drug-likeness (QED) is 0.758. The molecule has 0 bridgehead atoms. The molecular weight excluding hydrogens is 222 g/mol. The zero-order valence-electron chi connectivity index (χ0n) is 12.2. The fourth-order valence-corrected chi connectivity index (χ4v) is 1.93. The zero-order valence-corrected chi connectivity index (χ0v) is 12.2. The SMILES string of the molecule is CCCc1ccc(C(COC(C)CC)NC)cc1. The molecule has 2 nitrogen and oxygen atoms in total. The van der Waals surface area contributed by atoms with E-state index in [4.69, 9.17) is 4.74 Å². The van der Waals surface area contributed by atoms with Crippen LogP contribution in [0.5, 0.6) is 0 Å². The monoisotopic (exact) mass is 249 g/mol. The van der Waals surface area contributed by atoms with Gasteiger partial charge < -0.3 is 10.1 Å². The van der Waals surface area contributed by atoms with E-state index in [9.17, 15) is 0 Å². The zero-order chi connectivity index (χ0) is 13.4. The minimum absolute atomic E-state index is 0.287. The minimum Gasteiger partial charge on any atom is -0.377 e. The van der Waals surface area contributed by atoms with E-state index in [0.29, 0.717) is 6.10 Å². The van der Waals surface area contributed by atoms with Crippen molar-refractivity contribution in [1.29, 1.82) is 0 Å². The van der Waals surface area contributed by atoms with Gasteiger partial charge in [0.15, 0.2) is 0 Å². The third-order valence-electron chi connectivity index (χ3n) is 3.39. The fraction of sp³-hybridized carbons (Fsp3) is 0.625. The van der Waals surface area contributed by atoms with Crippen molar-refractivity contribution in [3.8, 4) is 0 Å². The minimum atomic E-state index is 0.287. The molecule has 1 rings (SSSR count). The molecule has 0 aromatic heterocycles. The summed E-state index contributed by atoms with van der Waals surface area (Å²) in [6.07, 6.45) is 3.76. The van der Waals surface area contributed by atoms with E-state index in [1.54, 1.807) is 0 Å². The van der Waals surface area contributed by atoms with Gasteiger partial charge in [0.2, 0.25) is 0 Å². The van der Waals surface area contributed by atoms with Crippen molar-refractivity contribution in [2.45, 2.75) is 52.2 Å². The van der Waals surface area contributed by atoms with Gasteiger partial charge in [0.05, 0.1) is 18.8 Å². The number of likely N-dealkylation sites (N-methyl/N-ethyl adjacent to an activating group) is 1. The van der Waals surface area contributed by atoms with Gasteiger partial charge in [-0.1, -0.05) is 44.5 Å². The number of aryl methyl sites for hydroxylation is 1. The van der Waals surface area contributed by atoms with Gasteiger partial charge in [-0.25, -0.2) is 0 Å². The van der Waals surface area contributed by atoms with Crippen LogP contribution < -0.4 is 5.32 Å². The summed E-state index contributed by atoms with van der Waals surface area (Å²) in [5.41, 5.74) is 2.72. The van der Waals surface area contributed by atoms with Gasteiger partial charge >= 0.3 is 0 Å². The van der Waals surface area contributed by atoms with Gasteiger partial charge in [0, 0.05) is 0 Å². The molecule has 0 saturated heterocycles. The first-order valence-electron chi connectivity index (χ1n) is 7.08. The highest BCUT2D eigenvalue weighted by molar-refractivity contribution is 5.25. The Labute approximate surface area is 112 Å². The van der Waals surface area contributed by atoms with Gasteiger partial charge in [-0.15, -0.1) is 0 Å². The molecule has 0 heterocycles. The number of nitrogens with one attached hydrogen (secondary N) is 1. The lowest BCUT2D eigenvalue weighted by Gasteiger charge is -2.19. The maximum atomic E-state index is 5.81. The molecule has 18 heavy (non-hydrogen) atoms. The van der Waals surface area contributed by atoms with Crippen molar-refractivity contribution in [2.24, 2.45) is 0 Å². The summed E-state index contributed by atoms with van der Waals surface area (Å²) in [5.74, 6) is 0. The Morgan fingerprint density at radius 1 is 1.17 bits per heavy atom. The van der Waals surface area contributed by atoms with Crippen molar-refractivity contribution >= 4 is 0 Å². The van der Waals surface area contributed by atoms with Crippen LogP contribution in [0, 0.1) is 0 Å². The second-order valence-electron chi connectivity index (χ2n) is 4.89. The normalized spacial score (nSPS) is 14.4. The maximum Gasteiger partial charge on any atom is 0.0664 e. The van der Waals surface area contributed by atoms with Crippen LogP contribution in [0.3, 0.4) is 0 Å². The Bertz CT molecular complexity index is 320. The van der Waals surface area contributed by atoms with Crippen molar-refractivity contribution in [3.05, 3.63) is 35.4 Å². The largest absolute Gasteiger partial charge is 0.377 e. The van der Waals surface area contributed by atoms with Crippen LogP contribution in [0.2, 0.25) is 0 Å². The topological polar surface area (TPSA) is 21.3 Å². The number of hydrogen-bond acceptors (Lipinski definition) is 2. The van der Waals surface area contributed by atoms with Crippen LogP contribution >= 0.6 is 0 Å². The lowest BCUT2D eigenvalue weighted by molar-refractivity contribution is 0.0487. The van der Waals surface area contributed by atoms with Gasteiger partial charge in [-0.3, -0.25) is 0 Å². The number of rotatable bonds is 8. The second kappa shape index (κ2) is 8.28. The van der Waals surface area contributed by atoms with E-state index < -0.39 is 0 Å². The van der Waals surface area contributed by atoms with Crippen LogP contribution in [-0.2, 0) is 11.2 Å². The van der Waals surface area contributed by atoms with E-state index >= 15 is 0 Å². The number of hydrogen-bond donors (Lipinski definition) is 1. The highest BCUT2D eigenvalue weighted by Crippen LogP contribution is 2.16. The Morgan fingerprint density at radius 2 is 1.83 bits per heavy atom. The molecule has 0 aliphatic heterocycles. The summed E-state index contributed by atoms with van der Waals surface area (Å²) in [4.78, 5) is 0. The highest BCUT2D eigenvalue weighted by atomic mass is 16.5. The van der Waals surface area contributed by atoms with Crippen molar-refractivity contribution in [2.75, 3.05) is 13.7 Å². The second-order valence-corrected chi connectivity index (χ2v) is 4.89. The average Bonchev–Trinajstić information content (AvgIpc) is 2.41. The summed E-state index contributed by atoms with van der Waals surface area (Å²) in [6.45, 7) is 7.22. The Kier molecular flexibility index (Phi) is 6.99. The van der Waals surface area contributed by atoms with Crippen LogP contribution in [0.4, 0.5) is 0 Å². The summed E-state index contributed by atoms with van der Waals surface area (Å²) < 4.78 is 5.81. The fourth-order valence-electron chi connectivity index (χ4n) is 1.93. The molecule has 102 valence electrons. The first kappa shape index (κ1) is 15.2. The van der Waals surface area contributed by atoms with Crippen LogP contribution in [0.25, 0.3) is 0 Å². The van der Waals surface area contributed by atoms with E-state index in [-0.39, 0.29) is 6.04 Å². The lowest BCUT2D eigenvalue weighted by atomic mass is 10.0. The molecular formula is C16H27NO. The average molecular weight is 249 g/mol. The van der Waals surface area contributed by atoms with Crippen LogP contribution in [0.15, 0.2) is 24.3 Å². The third-order valence-corrected chi connectivity index (χ3v) is 3.39. The Hall–Kier alpha value is -0.860. The molecule has 0 aliphatic carbocycles. The van der Waals surface area contributed by atoms with Crippen molar-refractivity contribution in [3.63, 3.8) is 0 Å². The molecule has 0 amide bonds. The smallest absolute Gasteiger partial charge is 0.0664 e. The molecule has 2 atom stereocenters. The summed E-state index contributed by atoms with van der Waals surface area (Å²) in [6, 6.07) is 9.17. The predicted molar refractivity (Wildman–Crippen MR) is 77.9 cm³/mol. The molecule has 0 radical (unpaired) electrons. The maximum absolute atomic E-state index is 5.81. The van der Waals surface area contributed by atoms with Crippen LogP contribution in [0.1, 0.15) is 50.8 Å². The Balaban J connectivity index is 2.58. The van der Waals surface area contributed by atoms with Crippen molar-refractivity contribution < 1.29 is 4.74 Å². The molecule has 0 spiro atoms. The first-order valence-corrected chi connectivity index (χ1v) is 7.08. The molecule has 0 aliphatic rings. The molecule has 0 saturated carbocycles. The van der Waals surface area contributed by atoms with E-state index in [1.165, 1.54) is 17.5 Å². The van der Waals surface area contributed by atoms with Crippen LogP contribution in [-0.4, -0.2) is 19.8 Å². The van der Waals surface area contributed by atoms with Gasteiger partial charge in [0.1, 0.15) is 0 Å². The first-order chi connectivity index (χ1) is 8.71. The van der Waals surface area contributed by atoms with E-state index in [0.717, 1.165) is 19.4 Å². The van der Waals surface area contributed by atoms with E-state index in [1.807, 2.05) is 7.05 Å². The van der Waals surface area contributed by atoms with Gasteiger partial charge in [-0.2, -0.15) is 0 Å². The molecule has 1 aromatic carbocycles. The number of ether oxygens (including phenoxy) is 1. The standard InChI is InChI=1S/C16H27NO/c1-5-7-14-8-10-15(11-9-14)16(17-4)12-18-13(3)6-2/h8-11,13,16-17H,5-7,12H2,1-4H3. The van der Waals surface area contributed by atoms with Crippen molar-refractivity contribution in [1.82, 2.24) is 5.32 Å². The molecule has 1 N–H and O–H groups in total. The lowest BCUT2D eigenvalue weighted by Crippen LogP contribution is -2.24.